The number of hydrogen-bond donors (Lipinski definition) is 0. The molecule has 0 amide bonds. The van der Waals surface area contributed by atoms with Crippen molar-refractivity contribution < 1.29 is 4.74 Å². The van der Waals surface area contributed by atoms with Crippen molar-refractivity contribution in [3.63, 3.8) is 0 Å². The Morgan fingerprint density at radius 2 is 2.07 bits per heavy atom. The second-order valence-corrected chi connectivity index (χ2v) is 4.69. The van der Waals surface area contributed by atoms with Crippen molar-refractivity contribution in [1.29, 1.82) is 0 Å². The predicted molar refractivity (Wildman–Crippen MR) is 63.6 cm³/mol. The van der Waals surface area contributed by atoms with E-state index in [1.54, 1.807) is 0 Å². The highest BCUT2D eigenvalue weighted by Gasteiger charge is 2.24. The maximum absolute atomic E-state index is 5.94. The topological polar surface area (TPSA) is 9.23 Å². The van der Waals surface area contributed by atoms with Gasteiger partial charge in [0.25, 0.3) is 0 Å². The highest BCUT2D eigenvalue weighted by molar-refractivity contribution is 5.39. The molecule has 0 bridgehead atoms. The van der Waals surface area contributed by atoms with E-state index in [1.165, 1.54) is 24.0 Å². The standard InChI is InChI=1S/C14H20O/c1-4-11-5-6-12(10(2)3)9-14(11)15-13-7-8-13/h5-6,9-10,13H,4,7-8H2,1-3H3. The van der Waals surface area contributed by atoms with E-state index < -0.39 is 0 Å². The Labute approximate surface area is 92.5 Å². The van der Waals surface area contributed by atoms with Crippen molar-refractivity contribution in [1.82, 2.24) is 0 Å². The van der Waals surface area contributed by atoms with E-state index in [0.29, 0.717) is 12.0 Å². The Morgan fingerprint density at radius 1 is 1.33 bits per heavy atom. The van der Waals surface area contributed by atoms with Crippen molar-refractivity contribution in [2.75, 3.05) is 0 Å². The van der Waals surface area contributed by atoms with Gasteiger partial charge in [0.15, 0.2) is 0 Å². The predicted octanol–water partition coefficient (Wildman–Crippen LogP) is 3.91. The summed E-state index contributed by atoms with van der Waals surface area (Å²) in [7, 11) is 0. The number of hydrogen-bond acceptors (Lipinski definition) is 1. The van der Waals surface area contributed by atoms with Gasteiger partial charge < -0.3 is 4.74 Å². The van der Waals surface area contributed by atoms with Crippen LogP contribution in [0.3, 0.4) is 0 Å². The molecule has 0 aliphatic heterocycles. The first-order chi connectivity index (χ1) is 7.20. The molecule has 1 aromatic carbocycles. The van der Waals surface area contributed by atoms with Crippen molar-refractivity contribution in [2.24, 2.45) is 0 Å². The number of ether oxygens (including phenoxy) is 1. The lowest BCUT2D eigenvalue weighted by molar-refractivity contribution is 0.300. The maximum atomic E-state index is 5.94. The molecular formula is C14H20O. The second kappa shape index (κ2) is 4.26. The Morgan fingerprint density at radius 3 is 2.60 bits per heavy atom. The van der Waals surface area contributed by atoms with Gasteiger partial charge in [-0.15, -0.1) is 0 Å². The second-order valence-electron chi connectivity index (χ2n) is 4.69. The monoisotopic (exact) mass is 204 g/mol. The molecule has 1 aliphatic rings. The fraction of sp³-hybridized carbons (Fsp3) is 0.571. The number of aryl methyl sites for hydroxylation is 1. The van der Waals surface area contributed by atoms with Crippen LogP contribution in [0.15, 0.2) is 18.2 Å². The third kappa shape index (κ3) is 2.53. The summed E-state index contributed by atoms with van der Waals surface area (Å²) in [4.78, 5) is 0. The lowest BCUT2D eigenvalue weighted by Gasteiger charge is -2.13. The summed E-state index contributed by atoms with van der Waals surface area (Å²) in [5.41, 5.74) is 2.72. The Hall–Kier alpha value is -0.980. The number of rotatable bonds is 4. The maximum Gasteiger partial charge on any atom is 0.123 e. The highest BCUT2D eigenvalue weighted by Crippen LogP contribution is 2.31. The van der Waals surface area contributed by atoms with Gasteiger partial charge in [0.05, 0.1) is 6.10 Å². The molecule has 0 aromatic heterocycles. The van der Waals surface area contributed by atoms with Crippen LogP contribution in [0.4, 0.5) is 0 Å². The van der Waals surface area contributed by atoms with Crippen LogP contribution in [0, 0.1) is 0 Å². The van der Waals surface area contributed by atoms with Gasteiger partial charge in [-0.3, -0.25) is 0 Å². The van der Waals surface area contributed by atoms with Gasteiger partial charge in [-0.05, 0) is 42.4 Å². The molecule has 1 fully saturated rings. The molecule has 0 unspecified atom stereocenters. The minimum absolute atomic E-state index is 0.498. The summed E-state index contributed by atoms with van der Waals surface area (Å²) in [6.07, 6.45) is 4.02. The van der Waals surface area contributed by atoms with Gasteiger partial charge in [0.1, 0.15) is 5.75 Å². The number of benzene rings is 1. The summed E-state index contributed by atoms with van der Waals surface area (Å²) < 4.78 is 5.94. The molecular weight excluding hydrogens is 184 g/mol. The summed E-state index contributed by atoms with van der Waals surface area (Å²) in [5, 5.41) is 0. The first-order valence-electron chi connectivity index (χ1n) is 6.00. The van der Waals surface area contributed by atoms with Crippen LogP contribution in [-0.2, 0) is 6.42 Å². The SMILES string of the molecule is CCc1ccc(C(C)C)cc1OC1CC1. The molecule has 1 saturated carbocycles. The Bertz CT molecular complexity index is 337. The van der Waals surface area contributed by atoms with Crippen LogP contribution in [0.25, 0.3) is 0 Å². The van der Waals surface area contributed by atoms with E-state index in [2.05, 4.69) is 39.0 Å². The van der Waals surface area contributed by atoms with Crippen LogP contribution in [-0.4, -0.2) is 6.10 Å². The summed E-state index contributed by atoms with van der Waals surface area (Å²) in [6, 6.07) is 6.66. The first-order valence-corrected chi connectivity index (χ1v) is 6.00. The van der Waals surface area contributed by atoms with Crippen LogP contribution in [0.2, 0.25) is 0 Å². The van der Waals surface area contributed by atoms with E-state index in [0.717, 1.165) is 12.2 Å². The third-order valence-electron chi connectivity index (χ3n) is 2.96. The lowest BCUT2D eigenvalue weighted by atomic mass is 10.00. The molecule has 1 heteroatoms. The summed E-state index contributed by atoms with van der Waals surface area (Å²) in [6.45, 7) is 6.63. The molecule has 1 aromatic rings. The molecule has 2 rings (SSSR count). The molecule has 1 aliphatic carbocycles. The molecule has 0 heterocycles. The fourth-order valence-corrected chi connectivity index (χ4v) is 1.70. The van der Waals surface area contributed by atoms with E-state index in [1.807, 2.05) is 0 Å². The Balaban J connectivity index is 2.24. The van der Waals surface area contributed by atoms with Crippen LogP contribution in [0.1, 0.15) is 50.7 Å². The van der Waals surface area contributed by atoms with Gasteiger partial charge >= 0.3 is 0 Å². The minimum Gasteiger partial charge on any atom is -0.490 e. The largest absolute Gasteiger partial charge is 0.490 e. The molecule has 0 saturated heterocycles. The highest BCUT2D eigenvalue weighted by atomic mass is 16.5. The van der Waals surface area contributed by atoms with Gasteiger partial charge in [0.2, 0.25) is 0 Å². The molecule has 1 nitrogen and oxygen atoms in total. The third-order valence-corrected chi connectivity index (χ3v) is 2.96. The van der Waals surface area contributed by atoms with Crippen LogP contribution < -0.4 is 4.74 Å². The average molecular weight is 204 g/mol. The zero-order chi connectivity index (χ0) is 10.8. The van der Waals surface area contributed by atoms with E-state index in [-0.39, 0.29) is 0 Å². The lowest BCUT2D eigenvalue weighted by Crippen LogP contribution is -2.00. The summed E-state index contributed by atoms with van der Waals surface area (Å²) in [5.74, 6) is 1.70. The first kappa shape index (κ1) is 10.5. The molecule has 0 spiro atoms. The van der Waals surface area contributed by atoms with Crippen LogP contribution in [0.5, 0.6) is 5.75 Å². The van der Waals surface area contributed by atoms with E-state index >= 15 is 0 Å². The Kier molecular flexibility index (Phi) is 2.99. The van der Waals surface area contributed by atoms with Gasteiger partial charge in [-0.2, -0.15) is 0 Å². The summed E-state index contributed by atoms with van der Waals surface area (Å²) >= 11 is 0. The quantitative estimate of drug-likeness (QED) is 0.722. The van der Waals surface area contributed by atoms with Crippen molar-refractivity contribution in [3.05, 3.63) is 29.3 Å². The smallest absolute Gasteiger partial charge is 0.123 e. The van der Waals surface area contributed by atoms with Gasteiger partial charge in [-0.25, -0.2) is 0 Å². The van der Waals surface area contributed by atoms with Crippen molar-refractivity contribution >= 4 is 0 Å². The molecule has 82 valence electrons. The molecule has 15 heavy (non-hydrogen) atoms. The zero-order valence-electron chi connectivity index (χ0n) is 9.92. The molecule has 0 radical (unpaired) electrons. The molecule has 0 N–H and O–H groups in total. The van der Waals surface area contributed by atoms with Gasteiger partial charge in [0, 0.05) is 0 Å². The molecule has 0 atom stereocenters. The van der Waals surface area contributed by atoms with E-state index in [9.17, 15) is 0 Å². The normalized spacial score (nSPS) is 15.7. The minimum atomic E-state index is 0.498. The van der Waals surface area contributed by atoms with Crippen LogP contribution >= 0.6 is 0 Å². The zero-order valence-corrected chi connectivity index (χ0v) is 9.92. The van der Waals surface area contributed by atoms with Crippen molar-refractivity contribution in [2.45, 2.75) is 52.1 Å². The van der Waals surface area contributed by atoms with Gasteiger partial charge in [-0.1, -0.05) is 32.9 Å². The average Bonchev–Trinajstić information content (AvgIpc) is 3.01. The van der Waals surface area contributed by atoms with Crippen molar-refractivity contribution in [3.8, 4) is 5.75 Å². The van der Waals surface area contributed by atoms with E-state index in [4.69, 9.17) is 4.74 Å². The fourth-order valence-electron chi connectivity index (χ4n) is 1.70.